The molecule has 0 aliphatic rings. The molecule has 0 bridgehead atoms. The largest absolute Gasteiger partial charge is 0.328 e. The molecule has 0 atom stereocenters. The summed E-state index contributed by atoms with van der Waals surface area (Å²) in [5, 5.41) is 0.164. The van der Waals surface area contributed by atoms with E-state index in [-0.39, 0.29) is 5.15 Å². The predicted molar refractivity (Wildman–Crippen MR) is 76.4 cm³/mol. The average molecular weight is 276 g/mol. The second kappa shape index (κ2) is 5.36. The van der Waals surface area contributed by atoms with Gasteiger partial charge in [-0.15, -0.1) is 0 Å². The molecular weight excluding hydrogens is 262 g/mol. The summed E-state index contributed by atoms with van der Waals surface area (Å²) in [6.45, 7) is 4.05. The van der Waals surface area contributed by atoms with Crippen LogP contribution in [-0.4, -0.2) is 23.3 Å². The van der Waals surface area contributed by atoms with Gasteiger partial charge < -0.3 is 4.90 Å². The van der Waals surface area contributed by atoms with Gasteiger partial charge in [-0.1, -0.05) is 29.3 Å². The zero-order chi connectivity index (χ0) is 14.0. The van der Waals surface area contributed by atoms with Crippen LogP contribution in [0.3, 0.4) is 0 Å². The first-order valence-electron chi connectivity index (χ1n) is 5.81. The molecular formula is C14H14ClN3O. The van der Waals surface area contributed by atoms with E-state index < -0.39 is 0 Å². The number of nitrogens with zero attached hydrogens (tertiary/aromatic N) is 3. The molecule has 0 aliphatic carbocycles. The molecule has 1 heterocycles. The highest BCUT2D eigenvalue weighted by atomic mass is 35.5. The van der Waals surface area contributed by atoms with Crippen LogP contribution in [0.25, 0.3) is 0 Å². The summed E-state index contributed by atoms with van der Waals surface area (Å²) in [6.07, 6.45) is 2.03. The highest BCUT2D eigenvalue weighted by molar-refractivity contribution is 6.32. The van der Waals surface area contributed by atoms with Crippen LogP contribution in [0.5, 0.6) is 0 Å². The second-order valence-corrected chi connectivity index (χ2v) is 4.73. The second-order valence-electron chi connectivity index (χ2n) is 4.37. The van der Waals surface area contributed by atoms with E-state index in [1.165, 1.54) is 11.9 Å². The number of benzene rings is 1. The van der Waals surface area contributed by atoms with Crippen LogP contribution >= 0.6 is 11.6 Å². The zero-order valence-corrected chi connectivity index (χ0v) is 11.8. The van der Waals surface area contributed by atoms with E-state index in [2.05, 4.69) is 16.0 Å². The Labute approximate surface area is 117 Å². The van der Waals surface area contributed by atoms with Crippen molar-refractivity contribution in [3.63, 3.8) is 0 Å². The van der Waals surface area contributed by atoms with Gasteiger partial charge in [-0.3, -0.25) is 4.79 Å². The zero-order valence-electron chi connectivity index (χ0n) is 11.0. The van der Waals surface area contributed by atoms with Crippen molar-refractivity contribution in [1.29, 1.82) is 0 Å². The van der Waals surface area contributed by atoms with Crippen LogP contribution in [-0.2, 0) is 0 Å². The molecule has 0 amide bonds. The number of aryl methyl sites for hydroxylation is 2. The van der Waals surface area contributed by atoms with Crippen molar-refractivity contribution in [3.05, 3.63) is 46.4 Å². The Balaban J connectivity index is 2.52. The van der Waals surface area contributed by atoms with Crippen molar-refractivity contribution in [2.45, 2.75) is 13.8 Å². The summed E-state index contributed by atoms with van der Waals surface area (Å²) in [4.78, 5) is 20.9. The maximum Gasteiger partial charge on any atom is 0.156 e. The fourth-order valence-corrected chi connectivity index (χ4v) is 2.20. The number of aldehydes is 1. The Morgan fingerprint density at radius 2 is 2.00 bits per heavy atom. The Morgan fingerprint density at radius 3 is 2.63 bits per heavy atom. The fraction of sp³-hybridized carbons (Fsp3) is 0.214. The topological polar surface area (TPSA) is 46.1 Å². The van der Waals surface area contributed by atoms with Gasteiger partial charge in [0.05, 0.1) is 5.56 Å². The first-order chi connectivity index (χ1) is 9.04. The molecule has 2 aromatic rings. The monoisotopic (exact) mass is 275 g/mol. The lowest BCUT2D eigenvalue weighted by molar-refractivity contribution is 0.112. The minimum atomic E-state index is 0.164. The number of aromatic nitrogens is 2. The summed E-state index contributed by atoms with van der Waals surface area (Å²) < 4.78 is 0. The van der Waals surface area contributed by atoms with Gasteiger partial charge in [-0.2, -0.15) is 0 Å². The van der Waals surface area contributed by atoms with Crippen LogP contribution in [0.2, 0.25) is 5.15 Å². The van der Waals surface area contributed by atoms with Crippen LogP contribution in [0, 0.1) is 13.8 Å². The summed E-state index contributed by atoms with van der Waals surface area (Å²) >= 11 is 5.92. The Bertz CT molecular complexity index is 628. The highest BCUT2D eigenvalue weighted by Gasteiger charge is 2.15. The van der Waals surface area contributed by atoms with E-state index in [1.807, 2.05) is 37.9 Å². The van der Waals surface area contributed by atoms with Crippen molar-refractivity contribution in [1.82, 2.24) is 9.97 Å². The normalized spacial score (nSPS) is 10.3. The molecule has 19 heavy (non-hydrogen) atoms. The van der Waals surface area contributed by atoms with E-state index in [0.717, 1.165) is 11.3 Å². The van der Waals surface area contributed by atoms with Crippen molar-refractivity contribution < 1.29 is 4.79 Å². The van der Waals surface area contributed by atoms with Crippen LogP contribution in [0.4, 0.5) is 11.5 Å². The number of carbonyl (C=O) groups excluding carboxylic acids is 1. The first-order valence-corrected chi connectivity index (χ1v) is 6.19. The van der Waals surface area contributed by atoms with Gasteiger partial charge in [0.1, 0.15) is 17.3 Å². The third-order valence-electron chi connectivity index (χ3n) is 2.96. The number of hydrogen-bond donors (Lipinski definition) is 0. The van der Waals surface area contributed by atoms with Crippen molar-refractivity contribution in [2.24, 2.45) is 0 Å². The number of rotatable bonds is 3. The summed E-state index contributed by atoms with van der Waals surface area (Å²) in [7, 11) is 1.85. The van der Waals surface area contributed by atoms with Crippen LogP contribution < -0.4 is 4.90 Å². The van der Waals surface area contributed by atoms with E-state index in [0.29, 0.717) is 17.7 Å². The summed E-state index contributed by atoms with van der Waals surface area (Å²) in [5.41, 5.74) is 3.56. The van der Waals surface area contributed by atoms with Gasteiger partial charge in [0.2, 0.25) is 0 Å². The molecule has 0 saturated heterocycles. The molecule has 2 rings (SSSR count). The number of halogens is 1. The van der Waals surface area contributed by atoms with Gasteiger partial charge in [0.25, 0.3) is 0 Å². The molecule has 0 radical (unpaired) electrons. The van der Waals surface area contributed by atoms with E-state index >= 15 is 0 Å². The number of hydrogen-bond acceptors (Lipinski definition) is 4. The third kappa shape index (κ3) is 2.58. The molecule has 5 heteroatoms. The minimum Gasteiger partial charge on any atom is -0.328 e. The molecule has 0 fully saturated rings. The van der Waals surface area contributed by atoms with Gasteiger partial charge in [0, 0.05) is 12.7 Å². The van der Waals surface area contributed by atoms with E-state index in [1.54, 1.807) is 0 Å². The molecule has 0 saturated carbocycles. The van der Waals surface area contributed by atoms with Crippen LogP contribution in [0.15, 0.2) is 24.5 Å². The molecule has 1 aromatic carbocycles. The number of anilines is 2. The lowest BCUT2D eigenvalue weighted by Gasteiger charge is -2.22. The van der Waals surface area contributed by atoms with Gasteiger partial charge in [-0.25, -0.2) is 9.97 Å². The molecule has 98 valence electrons. The molecule has 1 aromatic heterocycles. The third-order valence-corrected chi connectivity index (χ3v) is 3.26. The molecule has 4 nitrogen and oxygen atoms in total. The summed E-state index contributed by atoms with van der Waals surface area (Å²) in [6, 6.07) is 6.09. The lowest BCUT2D eigenvalue weighted by Crippen LogP contribution is -2.15. The molecule has 0 unspecified atom stereocenters. The quantitative estimate of drug-likeness (QED) is 0.637. The fourth-order valence-electron chi connectivity index (χ4n) is 2.03. The standard InChI is InChI=1S/C14H14ClN3O/c1-9-4-5-12(10(2)6-9)18(3)14-11(7-19)13(15)16-8-17-14/h4-8H,1-3H3. The van der Waals surface area contributed by atoms with Gasteiger partial charge in [0.15, 0.2) is 6.29 Å². The average Bonchev–Trinajstić information content (AvgIpc) is 2.37. The maximum atomic E-state index is 11.1. The van der Waals surface area contributed by atoms with E-state index in [9.17, 15) is 4.79 Å². The smallest absolute Gasteiger partial charge is 0.156 e. The first kappa shape index (κ1) is 13.5. The van der Waals surface area contributed by atoms with Crippen molar-refractivity contribution in [3.8, 4) is 0 Å². The number of carbonyl (C=O) groups is 1. The van der Waals surface area contributed by atoms with E-state index in [4.69, 9.17) is 11.6 Å². The SMILES string of the molecule is Cc1ccc(N(C)c2ncnc(Cl)c2C=O)c(C)c1. The lowest BCUT2D eigenvalue weighted by atomic mass is 10.1. The highest BCUT2D eigenvalue weighted by Crippen LogP contribution is 2.29. The Kier molecular flexibility index (Phi) is 3.81. The molecule has 0 spiro atoms. The maximum absolute atomic E-state index is 11.1. The van der Waals surface area contributed by atoms with Crippen molar-refractivity contribution in [2.75, 3.05) is 11.9 Å². The molecule has 0 N–H and O–H groups in total. The van der Waals surface area contributed by atoms with Gasteiger partial charge in [-0.05, 0) is 25.5 Å². The Hall–Kier alpha value is -1.94. The molecule has 0 aliphatic heterocycles. The van der Waals surface area contributed by atoms with Crippen LogP contribution in [0.1, 0.15) is 21.5 Å². The summed E-state index contributed by atoms with van der Waals surface area (Å²) in [5.74, 6) is 0.502. The predicted octanol–water partition coefficient (Wildman–Crippen LogP) is 3.33. The minimum absolute atomic E-state index is 0.164. The van der Waals surface area contributed by atoms with Crippen molar-refractivity contribution >= 4 is 29.4 Å². The Morgan fingerprint density at radius 1 is 1.26 bits per heavy atom. The van der Waals surface area contributed by atoms with Gasteiger partial charge >= 0.3 is 0 Å².